The number of ether oxygens (including phenoxy) is 3. The number of fused-ring (bicyclic) bond motifs is 1. The van der Waals surface area contributed by atoms with E-state index in [0.29, 0.717) is 24.1 Å². The van der Waals surface area contributed by atoms with Gasteiger partial charge in [-0.1, -0.05) is 6.07 Å². The number of aromatic nitrogens is 1. The molecule has 0 saturated heterocycles. The maximum absolute atomic E-state index is 12.8. The molecule has 1 heterocycles. The van der Waals surface area contributed by atoms with Gasteiger partial charge in [0.25, 0.3) is 5.78 Å². The number of anilines is 1. The number of hydrogen-bond acceptors (Lipinski definition) is 7. The van der Waals surface area contributed by atoms with Gasteiger partial charge >= 0.3 is 12.1 Å². The van der Waals surface area contributed by atoms with Gasteiger partial charge in [-0.05, 0) is 45.4 Å². The SMILES string of the molecule is COCCCNc1cccc2c1cc(C(=O)C(=O)OC)n2C(=O)OC(C)(C)C. The molecule has 1 aromatic carbocycles. The van der Waals surface area contributed by atoms with Crippen LogP contribution in [0.1, 0.15) is 37.7 Å². The minimum atomic E-state index is -1.05. The van der Waals surface area contributed by atoms with Crippen LogP contribution in [0.4, 0.5) is 10.5 Å². The molecular weight excluding hydrogens is 364 g/mol. The zero-order valence-corrected chi connectivity index (χ0v) is 16.8. The number of Topliss-reactive ketones (excluding diaryl/α,β-unsaturated/α-hetero) is 1. The minimum absolute atomic E-state index is 0.109. The van der Waals surface area contributed by atoms with Crippen LogP contribution < -0.4 is 5.32 Å². The molecule has 0 atom stereocenters. The maximum atomic E-state index is 12.8. The lowest BCUT2D eigenvalue weighted by molar-refractivity contribution is -0.135. The second-order valence-corrected chi connectivity index (χ2v) is 7.18. The molecule has 2 rings (SSSR count). The molecule has 0 saturated carbocycles. The molecule has 1 aromatic heterocycles. The summed E-state index contributed by atoms with van der Waals surface area (Å²) in [6.07, 6.45) is 0.0411. The van der Waals surface area contributed by atoms with Crippen LogP contribution in [0.3, 0.4) is 0 Å². The maximum Gasteiger partial charge on any atom is 0.419 e. The Morgan fingerprint density at radius 1 is 1.14 bits per heavy atom. The van der Waals surface area contributed by atoms with Crippen molar-refractivity contribution in [2.75, 3.05) is 32.7 Å². The van der Waals surface area contributed by atoms with E-state index in [1.807, 2.05) is 6.07 Å². The first-order valence-corrected chi connectivity index (χ1v) is 8.93. The van der Waals surface area contributed by atoms with E-state index in [0.717, 1.165) is 23.8 Å². The van der Waals surface area contributed by atoms with E-state index in [-0.39, 0.29) is 5.69 Å². The van der Waals surface area contributed by atoms with Crippen molar-refractivity contribution in [3.63, 3.8) is 0 Å². The molecule has 0 amide bonds. The number of rotatable bonds is 7. The number of carbonyl (C=O) groups is 3. The first kappa shape index (κ1) is 21.4. The van der Waals surface area contributed by atoms with E-state index >= 15 is 0 Å². The number of esters is 1. The second-order valence-electron chi connectivity index (χ2n) is 7.18. The Hall–Kier alpha value is -2.87. The van der Waals surface area contributed by atoms with Crippen molar-refractivity contribution in [2.45, 2.75) is 32.8 Å². The van der Waals surface area contributed by atoms with Gasteiger partial charge in [0.05, 0.1) is 12.6 Å². The third-order valence-electron chi connectivity index (χ3n) is 3.87. The van der Waals surface area contributed by atoms with Crippen molar-refractivity contribution in [1.29, 1.82) is 0 Å². The quantitative estimate of drug-likeness (QED) is 0.336. The summed E-state index contributed by atoms with van der Waals surface area (Å²) in [7, 11) is 2.75. The van der Waals surface area contributed by atoms with Gasteiger partial charge in [-0.2, -0.15) is 0 Å². The highest BCUT2D eigenvalue weighted by Crippen LogP contribution is 2.29. The molecule has 2 aromatic rings. The van der Waals surface area contributed by atoms with Crippen LogP contribution in [0.2, 0.25) is 0 Å². The van der Waals surface area contributed by atoms with Gasteiger partial charge in [0, 0.05) is 31.3 Å². The summed E-state index contributed by atoms with van der Waals surface area (Å²) in [5.74, 6) is -1.97. The topological polar surface area (TPSA) is 95.9 Å². The molecule has 0 unspecified atom stereocenters. The van der Waals surface area contributed by atoms with Gasteiger partial charge in [0.15, 0.2) is 0 Å². The molecule has 8 heteroatoms. The van der Waals surface area contributed by atoms with E-state index in [1.54, 1.807) is 40.0 Å². The highest BCUT2D eigenvalue weighted by molar-refractivity contribution is 6.41. The third kappa shape index (κ3) is 4.89. The van der Waals surface area contributed by atoms with E-state index in [9.17, 15) is 14.4 Å². The fraction of sp³-hybridized carbons (Fsp3) is 0.450. The van der Waals surface area contributed by atoms with E-state index in [1.165, 1.54) is 6.07 Å². The Morgan fingerprint density at radius 3 is 2.46 bits per heavy atom. The Labute approximate surface area is 163 Å². The largest absolute Gasteiger partial charge is 0.463 e. The molecule has 0 fully saturated rings. The van der Waals surface area contributed by atoms with Crippen LogP contribution >= 0.6 is 0 Å². The molecule has 0 spiro atoms. The molecule has 0 radical (unpaired) electrons. The highest BCUT2D eigenvalue weighted by atomic mass is 16.6. The number of nitrogens with zero attached hydrogens (tertiary/aromatic N) is 1. The lowest BCUT2D eigenvalue weighted by Gasteiger charge is -2.20. The first-order valence-electron chi connectivity index (χ1n) is 8.93. The molecule has 8 nitrogen and oxygen atoms in total. The van der Waals surface area contributed by atoms with Gasteiger partial charge < -0.3 is 19.5 Å². The number of benzene rings is 1. The number of ketones is 1. The molecule has 0 aliphatic rings. The average Bonchev–Trinajstić information content (AvgIpc) is 3.03. The van der Waals surface area contributed by atoms with Crippen LogP contribution in [0.5, 0.6) is 0 Å². The lowest BCUT2D eigenvalue weighted by Crippen LogP contribution is -2.30. The fourth-order valence-electron chi connectivity index (χ4n) is 2.69. The normalized spacial score (nSPS) is 11.3. The molecular formula is C20H26N2O6. The Morgan fingerprint density at radius 2 is 1.86 bits per heavy atom. The van der Waals surface area contributed by atoms with Crippen molar-refractivity contribution in [3.8, 4) is 0 Å². The van der Waals surface area contributed by atoms with Crippen molar-refractivity contribution < 1.29 is 28.6 Å². The molecule has 0 aliphatic carbocycles. The van der Waals surface area contributed by atoms with E-state index in [4.69, 9.17) is 9.47 Å². The van der Waals surface area contributed by atoms with E-state index in [2.05, 4.69) is 10.1 Å². The summed E-state index contributed by atoms with van der Waals surface area (Å²) in [5, 5.41) is 3.88. The number of methoxy groups -OCH3 is 2. The fourth-order valence-corrected chi connectivity index (χ4v) is 2.69. The molecule has 1 N–H and O–H groups in total. The molecule has 0 bridgehead atoms. The van der Waals surface area contributed by atoms with Crippen LogP contribution in [-0.2, 0) is 19.0 Å². The monoisotopic (exact) mass is 390 g/mol. The summed E-state index contributed by atoms with van der Waals surface area (Å²) >= 11 is 0. The van der Waals surface area contributed by atoms with Crippen LogP contribution in [0.25, 0.3) is 10.9 Å². The summed E-state index contributed by atoms with van der Waals surface area (Å²) in [6.45, 7) is 6.42. The Kier molecular flexibility index (Phi) is 6.80. The number of hydrogen-bond donors (Lipinski definition) is 1. The van der Waals surface area contributed by atoms with E-state index < -0.39 is 23.4 Å². The standard InChI is InChI=1S/C20H26N2O6/c1-20(2,3)28-19(25)22-15-9-6-8-14(21-10-7-11-26-4)13(15)12-16(22)17(23)18(24)27-5/h6,8-9,12,21H,7,10-11H2,1-5H3. The van der Waals surface area contributed by atoms with Crippen LogP contribution in [0.15, 0.2) is 24.3 Å². The predicted molar refractivity (Wildman–Crippen MR) is 105 cm³/mol. The molecule has 0 aliphatic heterocycles. The second kappa shape index (κ2) is 8.88. The van der Waals surface area contributed by atoms with Gasteiger partial charge in [0.2, 0.25) is 0 Å². The van der Waals surface area contributed by atoms with Gasteiger partial charge in [-0.3, -0.25) is 4.79 Å². The van der Waals surface area contributed by atoms with Crippen molar-refractivity contribution in [3.05, 3.63) is 30.0 Å². The highest BCUT2D eigenvalue weighted by Gasteiger charge is 2.29. The number of carbonyl (C=O) groups excluding carboxylic acids is 3. The third-order valence-corrected chi connectivity index (χ3v) is 3.87. The Balaban J connectivity index is 2.55. The molecule has 152 valence electrons. The van der Waals surface area contributed by atoms with Crippen molar-refractivity contribution in [2.24, 2.45) is 0 Å². The first-order chi connectivity index (χ1) is 13.2. The van der Waals surface area contributed by atoms with Crippen LogP contribution in [0, 0.1) is 0 Å². The van der Waals surface area contributed by atoms with Crippen LogP contribution in [-0.4, -0.2) is 55.4 Å². The summed E-state index contributed by atoms with van der Waals surface area (Å²) in [4.78, 5) is 37.1. The lowest BCUT2D eigenvalue weighted by atomic mass is 10.2. The Bertz CT molecular complexity index is 879. The van der Waals surface area contributed by atoms with Crippen molar-refractivity contribution >= 4 is 34.4 Å². The summed E-state index contributed by atoms with van der Waals surface area (Å²) in [6, 6.07) is 6.78. The molecule has 28 heavy (non-hydrogen) atoms. The van der Waals surface area contributed by atoms with Gasteiger partial charge in [-0.15, -0.1) is 0 Å². The minimum Gasteiger partial charge on any atom is -0.463 e. The summed E-state index contributed by atoms with van der Waals surface area (Å²) < 4.78 is 16.1. The zero-order chi connectivity index (χ0) is 20.9. The van der Waals surface area contributed by atoms with Gasteiger partial charge in [-0.25, -0.2) is 14.2 Å². The number of nitrogens with one attached hydrogen (secondary N) is 1. The zero-order valence-electron chi connectivity index (χ0n) is 16.8. The average molecular weight is 390 g/mol. The predicted octanol–water partition coefficient (Wildman–Crippen LogP) is 3.23. The smallest absolute Gasteiger partial charge is 0.419 e. The van der Waals surface area contributed by atoms with Crippen molar-refractivity contribution in [1.82, 2.24) is 4.57 Å². The summed E-state index contributed by atoms with van der Waals surface area (Å²) in [5.41, 5.74) is 0.310. The van der Waals surface area contributed by atoms with Gasteiger partial charge in [0.1, 0.15) is 11.3 Å².